The van der Waals surface area contributed by atoms with Crippen LogP contribution < -0.4 is 14.8 Å². The number of carbonyl (C=O) groups excluding carboxylic acids is 1. The molecule has 1 aromatic carbocycles. The molecular weight excluding hydrogens is 316 g/mol. The molecule has 0 heterocycles. The number of ether oxygens (including phenoxy) is 2. The van der Waals surface area contributed by atoms with Crippen LogP contribution in [0, 0.1) is 17.2 Å². The van der Waals surface area contributed by atoms with Crippen molar-refractivity contribution in [1.29, 1.82) is 5.26 Å². The highest BCUT2D eigenvalue weighted by molar-refractivity contribution is 6.02. The highest BCUT2D eigenvalue weighted by Gasteiger charge is 2.24. The third-order valence-electron chi connectivity index (χ3n) is 4.61. The van der Waals surface area contributed by atoms with Crippen molar-refractivity contribution in [3.8, 4) is 17.6 Å². The van der Waals surface area contributed by atoms with Crippen LogP contribution in [0.15, 0.2) is 23.8 Å². The molecule has 1 fully saturated rings. The first-order chi connectivity index (χ1) is 12.1. The number of nitrogens with one attached hydrogen (secondary N) is 1. The zero-order valence-corrected chi connectivity index (χ0v) is 15.2. The smallest absolute Gasteiger partial charge is 0.262 e. The van der Waals surface area contributed by atoms with Crippen LogP contribution in [0.2, 0.25) is 0 Å². The summed E-state index contributed by atoms with van der Waals surface area (Å²) in [6.07, 6.45) is 5.96. The number of carbonyl (C=O) groups is 1. The third-order valence-corrected chi connectivity index (χ3v) is 4.61. The van der Waals surface area contributed by atoms with Gasteiger partial charge in [-0.25, -0.2) is 0 Å². The largest absolute Gasteiger partial charge is 0.492 e. The van der Waals surface area contributed by atoms with Crippen LogP contribution in [0.5, 0.6) is 11.5 Å². The van der Waals surface area contributed by atoms with E-state index in [2.05, 4.69) is 12.2 Å². The lowest BCUT2D eigenvalue weighted by atomic mass is 9.86. The first-order valence-corrected chi connectivity index (χ1v) is 8.83. The van der Waals surface area contributed by atoms with Gasteiger partial charge in [0.05, 0.1) is 13.7 Å². The van der Waals surface area contributed by atoms with Crippen molar-refractivity contribution < 1.29 is 14.3 Å². The van der Waals surface area contributed by atoms with Crippen molar-refractivity contribution in [2.24, 2.45) is 5.92 Å². The molecule has 0 radical (unpaired) electrons. The summed E-state index contributed by atoms with van der Waals surface area (Å²) in [6, 6.07) is 7.56. The van der Waals surface area contributed by atoms with Gasteiger partial charge in [0.2, 0.25) is 0 Å². The molecule has 0 aromatic heterocycles. The Labute approximate surface area is 149 Å². The summed E-state index contributed by atoms with van der Waals surface area (Å²) in [7, 11) is 1.55. The van der Waals surface area contributed by atoms with E-state index in [1.807, 2.05) is 19.1 Å². The maximum atomic E-state index is 12.5. The van der Waals surface area contributed by atoms with E-state index in [1.165, 1.54) is 6.42 Å². The van der Waals surface area contributed by atoms with Gasteiger partial charge in [0.1, 0.15) is 11.6 Å². The van der Waals surface area contributed by atoms with E-state index in [-0.39, 0.29) is 17.5 Å². The number of nitriles is 1. The molecule has 0 unspecified atom stereocenters. The number of amides is 1. The predicted octanol–water partition coefficient (Wildman–Crippen LogP) is 3.70. The number of benzene rings is 1. The molecule has 134 valence electrons. The zero-order chi connectivity index (χ0) is 18.2. The fourth-order valence-electron chi connectivity index (χ4n) is 3.22. The van der Waals surface area contributed by atoms with Gasteiger partial charge in [0, 0.05) is 11.6 Å². The standard InChI is InChI=1S/C20H26N2O3/c1-4-25-18-11-7-9-15(19(18)24-3)12-16(13-21)20(23)22-17-10-6-5-8-14(17)2/h7,9,11-12,14,17H,4-6,8,10H2,1-3H3,(H,22,23)/b16-12+/t14-,17-/m1/s1. The van der Waals surface area contributed by atoms with Gasteiger partial charge in [-0.05, 0) is 37.8 Å². The van der Waals surface area contributed by atoms with Crippen LogP contribution in [0.4, 0.5) is 0 Å². The monoisotopic (exact) mass is 342 g/mol. The van der Waals surface area contributed by atoms with Crippen molar-refractivity contribution in [2.45, 2.75) is 45.6 Å². The van der Waals surface area contributed by atoms with Gasteiger partial charge < -0.3 is 14.8 Å². The Kier molecular flexibility index (Phi) is 6.88. The first kappa shape index (κ1) is 18.9. The van der Waals surface area contributed by atoms with Gasteiger partial charge >= 0.3 is 0 Å². The molecule has 0 spiro atoms. The Morgan fingerprint density at radius 2 is 2.16 bits per heavy atom. The number of methoxy groups -OCH3 is 1. The molecule has 25 heavy (non-hydrogen) atoms. The summed E-state index contributed by atoms with van der Waals surface area (Å²) in [6.45, 7) is 4.55. The number of hydrogen-bond donors (Lipinski definition) is 1. The predicted molar refractivity (Wildman–Crippen MR) is 97.3 cm³/mol. The van der Waals surface area contributed by atoms with Crippen LogP contribution >= 0.6 is 0 Å². The summed E-state index contributed by atoms with van der Waals surface area (Å²) in [5, 5.41) is 12.5. The minimum atomic E-state index is -0.329. The minimum absolute atomic E-state index is 0.0738. The SMILES string of the molecule is CCOc1cccc(/C=C(\C#N)C(=O)N[C@@H]2CCCC[C@H]2C)c1OC. The lowest BCUT2D eigenvalue weighted by Crippen LogP contribution is -2.41. The molecule has 1 N–H and O–H groups in total. The lowest BCUT2D eigenvalue weighted by Gasteiger charge is -2.29. The highest BCUT2D eigenvalue weighted by Crippen LogP contribution is 2.32. The first-order valence-electron chi connectivity index (χ1n) is 8.83. The maximum Gasteiger partial charge on any atom is 0.262 e. The fraction of sp³-hybridized carbons (Fsp3) is 0.500. The minimum Gasteiger partial charge on any atom is -0.492 e. The van der Waals surface area contributed by atoms with E-state index in [0.29, 0.717) is 29.6 Å². The zero-order valence-electron chi connectivity index (χ0n) is 15.2. The fourth-order valence-corrected chi connectivity index (χ4v) is 3.22. The average Bonchev–Trinajstić information content (AvgIpc) is 2.62. The average molecular weight is 342 g/mol. The molecule has 1 aliphatic rings. The second-order valence-electron chi connectivity index (χ2n) is 6.32. The van der Waals surface area contributed by atoms with Crippen molar-refractivity contribution in [3.05, 3.63) is 29.3 Å². The number of para-hydroxylation sites is 1. The van der Waals surface area contributed by atoms with Gasteiger partial charge in [0.15, 0.2) is 11.5 Å². The van der Waals surface area contributed by atoms with Crippen molar-refractivity contribution in [3.63, 3.8) is 0 Å². The number of nitrogens with zero attached hydrogens (tertiary/aromatic N) is 1. The molecule has 1 amide bonds. The van der Waals surface area contributed by atoms with Gasteiger partial charge in [-0.3, -0.25) is 4.79 Å². The van der Waals surface area contributed by atoms with Crippen molar-refractivity contribution in [2.75, 3.05) is 13.7 Å². The van der Waals surface area contributed by atoms with E-state index < -0.39 is 0 Å². The molecule has 2 rings (SSSR count). The quantitative estimate of drug-likeness (QED) is 0.632. The Morgan fingerprint density at radius 1 is 1.40 bits per heavy atom. The van der Waals surface area contributed by atoms with E-state index in [9.17, 15) is 10.1 Å². The number of hydrogen-bond acceptors (Lipinski definition) is 4. The normalized spacial score (nSPS) is 20.5. The molecule has 1 saturated carbocycles. The second-order valence-corrected chi connectivity index (χ2v) is 6.32. The summed E-state index contributed by atoms with van der Waals surface area (Å²) in [4.78, 5) is 12.5. The Morgan fingerprint density at radius 3 is 2.80 bits per heavy atom. The van der Waals surface area contributed by atoms with E-state index in [4.69, 9.17) is 9.47 Å². The molecule has 0 aliphatic heterocycles. The van der Waals surface area contributed by atoms with Crippen LogP contribution in [0.3, 0.4) is 0 Å². The molecular formula is C20H26N2O3. The Hall–Kier alpha value is -2.48. The van der Waals surface area contributed by atoms with Crippen molar-refractivity contribution in [1.82, 2.24) is 5.32 Å². The van der Waals surface area contributed by atoms with Crippen LogP contribution in [0.25, 0.3) is 6.08 Å². The summed E-state index contributed by atoms with van der Waals surface area (Å²) in [5.74, 6) is 1.23. The topological polar surface area (TPSA) is 71.3 Å². The third kappa shape index (κ3) is 4.76. The van der Waals surface area contributed by atoms with Gasteiger partial charge in [-0.2, -0.15) is 5.26 Å². The Balaban J connectivity index is 2.23. The summed E-state index contributed by atoms with van der Waals surface area (Å²) < 4.78 is 11.0. The molecule has 1 aromatic rings. The van der Waals surface area contributed by atoms with Crippen LogP contribution in [-0.4, -0.2) is 25.7 Å². The van der Waals surface area contributed by atoms with Gasteiger partial charge in [-0.1, -0.05) is 31.9 Å². The Bertz CT molecular complexity index is 676. The molecule has 2 atom stereocenters. The van der Waals surface area contributed by atoms with Gasteiger partial charge in [-0.15, -0.1) is 0 Å². The molecule has 5 nitrogen and oxygen atoms in total. The van der Waals surface area contributed by atoms with Crippen LogP contribution in [-0.2, 0) is 4.79 Å². The van der Waals surface area contributed by atoms with E-state index >= 15 is 0 Å². The summed E-state index contributed by atoms with van der Waals surface area (Å²) in [5.41, 5.74) is 0.724. The van der Waals surface area contributed by atoms with E-state index in [0.717, 1.165) is 19.3 Å². The lowest BCUT2D eigenvalue weighted by molar-refractivity contribution is -0.118. The molecule has 5 heteroatoms. The maximum absolute atomic E-state index is 12.5. The van der Waals surface area contributed by atoms with Crippen LogP contribution in [0.1, 0.15) is 45.1 Å². The van der Waals surface area contributed by atoms with E-state index in [1.54, 1.807) is 25.3 Å². The van der Waals surface area contributed by atoms with Gasteiger partial charge in [0.25, 0.3) is 5.91 Å². The van der Waals surface area contributed by atoms with Crippen molar-refractivity contribution >= 4 is 12.0 Å². The second kappa shape index (κ2) is 9.12. The number of rotatable bonds is 6. The molecule has 0 saturated heterocycles. The highest BCUT2D eigenvalue weighted by atomic mass is 16.5. The summed E-state index contributed by atoms with van der Waals surface area (Å²) >= 11 is 0. The molecule has 1 aliphatic carbocycles. The molecule has 0 bridgehead atoms.